The Bertz CT molecular complexity index is 789. The molecule has 1 saturated carbocycles. The molecule has 6 nitrogen and oxygen atoms in total. The van der Waals surface area contributed by atoms with Gasteiger partial charge in [-0.15, -0.1) is 0 Å². The Morgan fingerprint density at radius 1 is 1.16 bits per heavy atom. The Morgan fingerprint density at radius 2 is 1.92 bits per heavy atom. The van der Waals surface area contributed by atoms with E-state index in [1.54, 1.807) is 31.4 Å². The molecule has 1 aliphatic carbocycles. The van der Waals surface area contributed by atoms with Gasteiger partial charge in [-0.3, -0.25) is 4.79 Å². The van der Waals surface area contributed by atoms with Crippen molar-refractivity contribution in [2.45, 2.75) is 12.3 Å². The standard InChI is InChI=1S/C19H19NO5/c1-24-14-6-2-4-12(8-14)16-10-17(16)19(23)20-13-5-3-7-15(9-13)25-11-18(21)22/h2-9,16-17H,10-11H2,1H3,(H,20,23)(H,21,22). The number of aliphatic carboxylic acids is 1. The quantitative estimate of drug-likeness (QED) is 0.809. The molecule has 2 aromatic carbocycles. The fourth-order valence-corrected chi connectivity index (χ4v) is 2.77. The van der Waals surface area contributed by atoms with Gasteiger partial charge in [0.15, 0.2) is 6.61 Å². The third-order valence-electron chi connectivity index (χ3n) is 4.11. The third kappa shape index (κ3) is 4.29. The summed E-state index contributed by atoms with van der Waals surface area (Å²) in [4.78, 5) is 23.0. The predicted octanol–water partition coefficient (Wildman–Crippen LogP) is 2.90. The van der Waals surface area contributed by atoms with E-state index in [1.165, 1.54) is 0 Å². The van der Waals surface area contributed by atoms with E-state index in [9.17, 15) is 9.59 Å². The largest absolute Gasteiger partial charge is 0.497 e. The van der Waals surface area contributed by atoms with Crippen LogP contribution in [0.5, 0.6) is 11.5 Å². The molecule has 2 aromatic rings. The van der Waals surface area contributed by atoms with Crippen molar-refractivity contribution >= 4 is 17.6 Å². The van der Waals surface area contributed by atoms with Crippen molar-refractivity contribution in [1.29, 1.82) is 0 Å². The lowest BCUT2D eigenvalue weighted by Crippen LogP contribution is -2.15. The maximum atomic E-state index is 12.4. The minimum Gasteiger partial charge on any atom is -0.497 e. The summed E-state index contributed by atoms with van der Waals surface area (Å²) in [6.45, 7) is -0.419. The van der Waals surface area contributed by atoms with Crippen LogP contribution in [0.15, 0.2) is 48.5 Å². The molecule has 1 fully saturated rings. The molecule has 0 bridgehead atoms. The summed E-state index contributed by atoms with van der Waals surface area (Å²) in [7, 11) is 1.62. The fraction of sp³-hybridized carbons (Fsp3) is 0.263. The molecule has 0 spiro atoms. The highest BCUT2D eigenvalue weighted by atomic mass is 16.5. The van der Waals surface area contributed by atoms with Crippen molar-refractivity contribution in [3.05, 3.63) is 54.1 Å². The Hall–Kier alpha value is -3.02. The van der Waals surface area contributed by atoms with E-state index in [0.717, 1.165) is 17.7 Å². The summed E-state index contributed by atoms with van der Waals surface area (Å²) in [5.74, 6) is 0.209. The fourth-order valence-electron chi connectivity index (χ4n) is 2.77. The Morgan fingerprint density at radius 3 is 2.68 bits per heavy atom. The number of anilines is 1. The van der Waals surface area contributed by atoms with Crippen molar-refractivity contribution in [3.8, 4) is 11.5 Å². The zero-order valence-corrected chi connectivity index (χ0v) is 13.8. The molecule has 25 heavy (non-hydrogen) atoms. The molecule has 0 aromatic heterocycles. The average molecular weight is 341 g/mol. The number of amides is 1. The number of carbonyl (C=O) groups is 2. The highest BCUT2D eigenvalue weighted by molar-refractivity contribution is 5.95. The number of methoxy groups -OCH3 is 1. The van der Waals surface area contributed by atoms with E-state index >= 15 is 0 Å². The van der Waals surface area contributed by atoms with Crippen LogP contribution in [-0.2, 0) is 9.59 Å². The molecule has 3 rings (SSSR count). The van der Waals surface area contributed by atoms with Crippen molar-refractivity contribution in [1.82, 2.24) is 0 Å². The zero-order chi connectivity index (χ0) is 17.8. The first-order valence-corrected chi connectivity index (χ1v) is 7.96. The number of nitrogens with one attached hydrogen (secondary N) is 1. The van der Waals surface area contributed by atoms with Crippen molar-refractivity contribution < 1.29 is 24.2 Å². The number of benzene rings is 2. The van der Waals surface area contributed by atoms with Gasteiger partial charge in [-0.1, -0.05) is 18.2 Å². The topological polar surface area (TPSA) is 84.9 Å². The molecular formula is C19H19NO5. The van der Waals surface area contributed by atoms with Crippen LogP contribution >= 0.6 is 0 Å². The molecule has 2 unspecified atom stereocenters. The van der Waals surface area contributed by atoms with Gasteiger partial charge in [0.2, 0.25) is 5.91 Å². The lowest BCUT2D eigenvalue weighted by atomic mass is 10.1. The minimum atomic E-state index is -1.05. The molecule has 0 heterocycles. The van der Waals surface area contributed by atoms with Crippen molar-refractivity contribution in [2.24, 2.45) is 5.92 Å². The number of rotatable bonds is 7. The first-order valence-electron chi connectivity index (χ1n) is 7.96. The van der Waals surface area contributed by atoms with Crippen LogP contribution in [0.2, 0.25) is 0 Å². The predicted molar refractivity (Wildman–Crippen MR) is 92.0 cm³/mol. The van der Waals surface area contributed by atoms with Crippen molar-refractivity contribution in [3.63, 3.8) is 0 Å². The van der Waals surface area contributed by atoms with E-state index in [-0.39, 0.29) is 17.7 Å². The molecule has 2 atom stereocenters. The van der Waals surface area contributed by atoms with Gasteiger partial charge in [-0.25, -0.2) is 4.79 Å². The van der Waals surface area contributed by atoms with Crippen LogP contribution in [0.4, 0.5) is 5.69 Å². The van der Waals surface area contributed by atoms with Crippen LogP contribution in [0.3, 0.4) is 0 Å². The van der Waals surface area contributed by atoms with Gasteiger partial charge in [0.1, 0.15) is 11.5 Å². The number of carboxylic acid groups (broad SMARTS) is 1. The summed E-state index contributed by atoms with van der Waals surface area (Å²) in [5.41, 5.74) is 1.68. The second-order valence-corrected chi connectivity index (χ2v) is 5.92. The Balaban J connectivity index is 1.60. The average Bonchev–Trinajstić information content (AvgIpc) is 3.41. The van der Waals surface area contributed by atoms with E-state index in [4.69, 9.17) is 14.6 Å². The van der Waals surface area contributed by atoms with Gasteiger partial charge in [-0.05, 0) is 42.2 Å². The first kappa shape index (κ1) is 16.8. The summed E-state index contributed by atoms with van der Waals surface area (Å²) in [6, 6.07) is 14.5. The highest BCUT2D eigenvalue weighted by Crippen LogP contribution is 2.48. The van der Waals surface area contributed by atoms with Gasteiger partial charge in [0, 0.05) is 17.7 Å². The minimum absolute atomic E-state index is 0.0526. The lowest BCUT2D eigenvalue weighted by Gasteiger charge is -2.08. The maximum absolute atomic E-state index is 12.4. The molecule has 130 valence electrons. The molecule has 0 radical (unpaired) electrons. The van der Waals surface area contributed by atoms with Crippen LogP contribution in [0.25, 0.3) is 0 Å². The van der Waals surface area contributed by atoms with Gasteiger partial charge in [0.25, 0.3) is 0 Å². The number of ether oxygens (including phenoxy) is 2. The van der Waals surface area contributed by atoms with Crippen LogP contribution in [-0.4, -0.2) is 30.7 Å². The first-order chi connectivity index (χ1) is 12.1. The normalized spacial score (nSPS) is 18.3. The monoisotopic (exact) mass is 341 g/mol. The van der Waals surface area contributed by atoms with Gasteiger partial charge in [0.05, 0.1) is 7.11 Å². The maximum Gasteiger partial charge on any atom is 0.341 e. The number of hydrogen-bond donors (Lipinski definition) is 2. The van der Waals surface area contributed by atoms with Crippen molar-refractivity contribution in [2.75, 3.05) is 19.0 Å². The number of carboxylic acids is 1. The molecule has 6 heteroatoms. The number of carbonyl (C=O) groups excluding carboxylic acids is 1. The molecule has 0 saturated heterocycles. The summed E-state index contributed by atoms with van der Waals surface area (Å²) in [6.07, 6.45) is 0.800. The van der Waals surface area contributed by atoms with Crippen LogP contribution in [0, 0.1) is 5.92 Å². The second-order valence-electron chi connectivity index (χ2n) is 5.92. The van der Waals surface area contributed by atoms with Gasteiger partial charge in [-0.2, -0.15) is 0 Å². The second kappa shape index (κ2) is 7.25. The summed E-state index contributed by atoms with van der Waals surface area (Å²) in [5, 5.41) is 11.5. The summed E-state index contributed by atoms with van der Waals surface area (Å²) < 4.78 is 10.3. The molecule has 0 aliphatic heterocycles. The molecule has 2 N–H and O–H groups in total. The molecular weight excluding hydrogens is 322 g/mol. The molecule has 1 amide bonds. The SMILES string of the molecule is COc1cccc(C2CC2C(=O)Nc2cccc(OCC(=O)O)c2)c1. The summed E-state index contributed by atoms with van der Waals surface area (Å²) >= 11 is 0. The highest BCUT2D eigenvalue weighted by Gasteiger charge is 2.44. The lowest BCUT2D eigenvalue weighted by molar-refractivity contribution is -0.139. The van der Waals surface area contributed by atoms with E-state index < -0.39 is 12.6 Å². The Kier molecular flexibility index (Phi) is 4.88. The third-order valence-corrected chi connectivity index (χ3v) is 4.11. The zero-order valence-electron chi connectivity index (χ0n) is 13.8. The Labute approximate surface area is 145 Å². The van der Waals surface area contributed by atoms with E-state index in [0.29, 0.717) is 11.4 Å². The van der Waals surface area contributed by atoms with Crippen LogP contribution in [0.1, 0.15) is 17.9 Å². The van der Waals surface area contributed by atoms with Gasteiger partial charge >= 0.3 is 5.97 Å². The molecule has 1 aliphatic rings. The van der Waals surface area contributed by atoms with E-state index in [1.807, 2.05) is 24.3 Å². The van der Waals surface area contributed by atoms with E-state index in [2.05, 4.69) is 5.32 Å². The van der Waals surface area contributed by atoms with Gasteiger partial charge < -0.3 is 19.9 Å². The smallest absolute Gasteiger partial charge is 0.341 e. The van der Waals surface area contributed by atoms with Crippen LogP contribution < -0.4 is 14.8 Å². The number of hydrogen-bond acceptors (Lipinski definition) is 4.